The Kier molecular flexibility index (Phi) is 6.82. The van der Waals surface area contributed by atoms with Crippen molar-refractivity contribution in [3.8, 4) is 11.1 Å². The molecule has 1 aliphatic rings. The van der Waals surface area contributed by atoms with Crippen LogP contribution in [0.1, 0.15) is 62.2 Å². The fourth-order valence-corrected chi connectivity index (χ4v) is 3.86. The van der Waals surface area contributed by atoms with Crippen LogP contribution >= 0.6 is 0 Å². The molecule has 0 amide bonds. The van der Waals surface area contributed by atoms with Crippen LogP contribution in [0, 0.1) is 5.92 Å². The van der Waals surface area contributed by atoms with Crippen molar-refractivity contribution in [2.75, 3.05) is 6.61 Å². The van der Waals surface area contributed by atoms with Gasteiger partial charge >= 0.3 is 5.97 Å². The summed E-state index contributed by atoms with van der Waals surface area (Å²) in [5, 5.41) is 0. The van der Waals surface area contributed by atoms with Gasteiger partial charge in [0.25, 0.3) is 0 Å². The Morgan fingerprint density at radius 1 is 1.12 bits per heavy atom. The zero-order valence-electron chi connectivity index (χ0n) is 15.8. The largest absolute Gasteiger partial charge is 0.462 e. The Morgan fingerprint density at radius 2 is 1.88 bits per heavy atom. The first-order valence-electron chi connectivity index (χ1n) is 10.0. The second-order valence-corrected chi connectivity index (χ2v) is 7.25. The quantitative estimate of drug-likeness (QED) is 0.390. The van der Waals surface area contributed by atoms with Crippen LogP contribution in [0.3, 0.4) is 0 Å². The fourth-order valence-electron chi connectivity index (χ4n) is 3.86. The molecule has 0 spiro atoms. The summed E-state index contributed by atoms with van der Waals surface area (Å²) < 4.78 is 7.65. The number of carbonyl (C=O) groups excluding carboxylic acids is 1. The van der Waals surface area contributed by atoms with E-state index in [2.05, 4.69) is 6.92 Å². The molecule has 1 aliphatic carbocycles. The van der Waals surface area contributed by atoms with Crippen LogP contribution in [-0.2, 0) is 11.3 Å². The fraction of sp³-hybridized carbons (Fsp3) is 0.478. The zero-order valence-corrected chi connectivity index (χ0v) is 15.8. The maximum Gasteiger partial charge on any atom is 0.344 e. The number of esters is 1. The molecule has 1 fully saturated rings. The van der Waals surface area contributed by atoms with Gasteiger partial charge in [0.15, 0.2) is 12.4 Å². The summed E-state index contributed by atoms with van der Waals surface area (Å²) in [4.78, 5) is 12.7. The van der Waals surface area contributed by atoms with E-state index in [1.54, 1.807) is 0 Å². The van der Waals surface area contributed by atoms with Crippen molar-refractivity contribution in [3.05, 3.63) is 54.4 Å². The number of nitrogens with zero attached hydrogens (tertiary/aromatic N) is 1. The van der Waals surface area contributed by atoms with Gasteiger partial charge in [0.05, 0.1) is 6.61 Å². The Labute approximate surface area is 157 Å². The highest BCUT2D eigenvalue weighted by molar-refractivity contribution is 5.96. The van der Waals surface area contributed by atoms with E-state index in [-0.39, 0.29) is 5.97 Å². The van der Waals surface area contributed by atoms with Gasteiger partial charge < -0.3 is 4.74 Å². The minimum atomic E-state index is -0.213. The van der Waals surface area contributed by atoms with Crippen LogP contribution in [0.5, 0.6) is 0 Å². The number of aryl methyl sites for hydroxylation is 1. The van der Waals surface area contributed by atoms with Crippen LogP contribution in [0.2, 0.25) is 0 Å². The van der Waals surface area contributed by atoms with Crippen LogP contribution in [0.4, 0.5) is 0 Å². The lowest BCUT2D eigenvalue weighted by Crippen LogP contribution is -2.33. The van der Waals surface area contributed by atoms with Gasteiger partial charge in [-0.3, -0.25) is 0 Å². The first-order valence-corrected chi connectivity index (χ1v) is 10.0. The molecule has 1 heterocycles. The van der Waals surface area contributed by atoms with Crippen molar-refractivity contribution < 1.29 is 14.1 Å². The van der Waals surface area contributed by atoms with Gasteiger partial charge in [-0.15, -0.1) is 0 Å². The smallest absolute Gasteiger partial charge is 0.344 e. The minimum absolute atomic E-state index is 0.213. The highest BCUT2D eigenvalue weighted by atomic mass is 16.5. The van der Waals surface area contributed by atoms with E-state index in [0.717, 1.165) is 30.0 Å². The highest BCUT2D eigenvalue weighted by Gasteiger charge is 2.19. The lowest BCUT2D eigenvalue weighted by Gasteiger charge is -2.21. The molecule has 0 bridgehead atoms. The average molecular weight is 352 g/mol. The number of ether oxygens (including phenoxy) is 1. The summed E-state index contributed by atoms with van der Waals surface area (Å²) in [5.41, 5.74) is 2.63. The molecule has 3 nitrogen and oxygen atoms in total. The molecule has 0 N–H and O–H groups in total. The molecule has 1 aromatic heterocycles. The molecule has 0 unspecified atom stereocenters. The lowest BCUT2D eigenvalue weighted by molar-refractivity contribution is -0.693. The standard InChI is InChI=1S/C23H30NO2/c1-2-24-16-15-21(20-13-7-4-8-14-20)22(18-24)23(25)26-17-9-12-19-10-5-3-6-11-19/h4,7-8,13-16,18-19H,2-3,5-6,9-12,17H2,1H3/q+1. The van der Waals surface area contributed by atoms with E-state index in [4.69, 9.17) is 4.74 Å². The number of carbonyl (C=O) groups is 1. The summed E-state index contributed by atoms with van der Waals surface area (Å²) in [7, 11) is 0. The van der Waals surface area contributed by atoms with Crippen molar-refractivity contribution in [1.82, 2.24) is 0 Å². The Bertz CT molecular complexity index is 705. The summed E-state index contributed by atoms with van der Waals surface area (Å²) >= 11 is 0. The van der Waals surface area contributed by atoms with E-state index in [1.807, 2.05) is 53.4 Å². The monoisotopic (exact) mass is 352 g/mol. The number of hydrogen-bond acceptors (Lipinski definition) is 2. The van der Waals surface area contributed by atoms with Gasteiger partial charge in [0, 0.05) is 11.6 Å². The van der Waals surface area contributed by atoms with Crippen molar-refractivity contribution in [1.29, 1.82) is 0 Å². The van der Waals surface area contributed by atoms with E-state index in [0.29, 0.717) is 12.2 Å². The maximum absolute atomic E-state index is 12.7. The van der Waals surface area contributed by atoms with E-state index >= 15 is 0 Å². The van der Waals surface area contributed by atoms with Gasteiger partial charge in [-0.25, -0.2) is 9.36 Å². The van der Waals surface area contributed by atoms with Crippen molar-refractivity contribution in [2.45, 2.75) is 58.4 Å². The molecule has 0 radical (unpaired) electrons. The van der Waals surface area contributed by atoms with E-state index in [1.165, 1.54) is 38.5 Å². The summed E-state index contributed by atoms with van der Waals surface area (Å²) in [6, 6.07) is 12.1. The summed E-state index contributed by atoms with van der Waals surface area (Å²) in [6.07, 6.45) is 12.9. The minimum Gasteiger partial charge on any atom is -0.462 e. The normalized spacial score (nSPS) is 15.0. The first kappa shape index (κ1) is 18.6. The topological polar surface area (TPSA) is 30.2 Å². The zero-order chi connectivity index (χ0) is 18.2. The first-order chi connectivity index (χ1) is 12.8. The molecule has 3 heteroatoms. The molecular weight excluding hydrogens is 322 g/mol. The second-order valence-electron chi connectivity index (χ2n) is 7.25. The van der Waals surface area contributed by atoms with Crippen LogP contribution in [0.25, 0.3) is 11.1 Å². The Balaban J connectivity index is 1.63. The number of benzene rings is 1. The molecule has 0 aliphatic heterocycles. The number of aromatic nitrogens is 1. The molecule has 1 saturated carbocycles. The molecule has 26 heavy (non-hydrogen) atoms. The predicted molar refractivity (Wildman–Crippen MR) is 104 cm³/mol. The van der Waals surface area contributed by atoms with Gasteiger partial charge in [0.1, 0.15) is 12.1 Å². The van der Waals surface area contributed by atoms with E-state index in [9.17, 15) is 4.79 Å². The average Bonchev–Trinajstić information content (AvgIpc) is 2.72. The highest BCUT2D eigenvalue weighted by Crippen LogP contribution is 2.27. The molecular formula is C23H30NO2+. The molecule has 1 aromatic carbocycles. The molecule has 0 atom stereocenters. The van der Waals surface area contributed by atoms with Crippen LogP contribution in [0.15, 0.2) is 48.8 Å². The van der Waals surface area contributed by atoms with E-state index < -0.39 is 0 Å². The predicted octanol–water partition coefficient (Wildman–Crippen LogP) is 5.18. The van der Waals surface area contributed by atoms with Crippen molar-refractivity contribution in [2.24, 2.45) is 5.92 Å². The Morgan fingerprint density at radius 3 is 2.62 bits per heavy atom. The van der Waals surface area contributed by atoms with Crippen molar-refractivity contribution >= 4 is 5.97 Å². The SMILES string of the molecule is CC[n+]1ccc(-c2ccccc2)c(C(=O)OCCCC2CCCCC2)c1. The number of hydrogen-bond donors (Lipinski definition) is 0. The summed E-state index contributed by atoms with van der Waals surface area (Å²) in [5.74, 6) is 0.622. The number of rotatable bonds is 7. The summed E-state index contributed by atoms with van der Waals surface area (Å²) in [6.45, 7) is 3.42. The van der Waals surface area contributed by atoms with Gasteiger partial charge in [-0.2, -0.15) is 0 Å². The number of pyridine rings is 1. The van der Waals surface area contributed by atoms with Crippen LogP contribution in [-0.4, -0.2) is 12.6 Å². The third-order valence-corrected chi connectivity index (χ3v) is 5.40. The lowest BCUT2D eigenvalue weighted by atomic mass is 9.86. The van der Waals surface area contributed by atoms with Gasteiger partial charge in [0.2, 0.25) is 0 Å². The van der Waals surface area contributed by atoms with Crippen molar-refractivity contribution in [3.63, 3.8) is 0 Å². The second kappa shape index (κ2) is 9.51. The third-order valence-electron chi connectivity index (χ3n) is 5.40. The molecule has 3 rings (SSSR count). The molecule has 138 valence electrons. The van der Waals surface area contributed by atoms with Gasteiger partial charge in [-0.1, -0.05) is 62.4 Å². The maximum atomic E-state index is 12.7. The van der Waals surface area contributed by atoms with Crippen LogP contribution < -0.4 is 4.57 Å². The Hall–Kier alpha value is -2.16. The van der Waals surface area contributed by atoms with Gasteiger partial charge in [-0.05, 0) is 31.2 Å². The molecule has 2 aromatic rings. The third kappa shape index (κ3) is 4.94. The molecule has 0 saturated heterocycles.